The van der Waals surface area contributed by atoms with E-state index in [-0.39, 0.29) is 17.7 Å². The van der Waals surface area contributed by atoms with Crippen molar-refractivity contribution in [3.05, 3.63) is 48.6 Å². The lowest BCUT2D eigenvalue weighted by Crippen LogP contribution is -2.42. The van der Waals surface area contributed by atoms with E-state index in [0.29, 0.717) is 25.8 Å². The van der Waals surface area contributed by atoms with Gasteiger partial charge in [-0.15, -0.1) is 6.58 Å². The van der Waals surface area contributed by atoms with Crippen molar-refractivity contribution in [1.82, 2.24) is 4.90 Å². The molecule has 1 atom stereocenters. The van der Waals surface area contributed by atoms with Crippen LogP contribution in [-0.2, 0) is 9.59 Å². The highest BCUT2D eigenvalue weighted by Gasteiger charge is 2.28. The minimum absolute atomic E-state index is 0.0405. The van der Waals surface area contributed by atoms with Crippen molar-refractivity contribution >= 4 is 11.8 Å². The maximum absolute atomic E-state index is 11.9. The van der Waals surface area contributed by atoms with Crippen LogP contribution in [0.5, 0.6) is 0 Å². The Hall–Kier alpha value is -1.90. The average molecular weight is 257 g/mol. The molecule has 1 unspecified atom stereocenters. The monoisotopic (exact) mass is 257 g/mol. The molecule has 0 radical (unpaired) electrons. The second-order valence-corrected chi connectivity index (χ2v) is 4.88. The number of piperidine rings is 1. The van der Waals surface area contributed by atoms with Gasteiger partial charge < -0.3 is 0 Å². The van der Waals surface area contributed by atoms with Gasteiger partial charge in [0, 0.05) is 25.3 Å². The number of imide groups is 1. The Morgan fingerprint density at radius 1 is 1.16 bits per heavy atom. The quantitative estimate of drug-likeness (QED) is 0.601. The van der Waals surface area contributed by atoms with E-state index in [1.165, 1.54) is 4.90 Å². The first-order valence-electron chi connectivity index (χ1n) is 6.71. The van der Waals surface area contributed by atoms with E-state index in [9.17, 15) is 9.59 Å². The van der Waals surface area contributed by atoms with Crippen molar-refractivity contribution in [3.8, 4) is 0 Å². The molecule has 0 N–H and O–H groups in total. The summed E-state index contributed by atoms with van der Waals surface area (Å²) in [6.45, 7) is 4.23. The van der Waals surface area contributed by atoms with Gasteiger partial charge in [0.2, 0.25) is 11.8 Å². The minimum atomic E-state index is -0.0405. The molecular weight excluding hydrogens is 238 g/mol. The van der Waals surface area contributed by atoms with Gasteiger partial charge in [0.25, 0.3) is 0 Å². The number of hydrogen-bond donors (Lipinski definition) is 0. The standard InChI is InChI=1S/C16H19NO2/c1-2-7-14(13-8-4-3-5-9-13)12-17-15(18)10-6-11-16(17)19/h2-5,8-9,14H,1,6-7,10-12H2. The lowest BCUT2D eigenvalue weighted by molar-refractivity contribution is -0.148. The molecule has 19 heavy (non-hydrogen) atoms. The number of carbonyl (C=O) groups excluding carboxylic acids is 2. The van der Waals surface area contributed by atoms with E-state index in [1.807, 2.05) is 36.4 Å². The molecule has 1 aromatic carbocycles. The summed E-state index contributed by atoms with van der Waals surface area (Å²) in [5, 5.41) is 0. The molecule has 0 saturated carbocycles. The van der Waals surface area contributed by atoms with E-state index in [2.05, 4.69) is 6.58 Å². The number of carbonyl (C=O) groups is 2. The van der Waals surface area contributed by atoms with Crippen LogP contribution in [0.15, 0.2) is 43.0 Å². The molecule has 0 aromatic heterocycles. The Balaban J connectivity index is 2.14. The van der Waals surface area contributed by atoms with E-state index < -0.39 is 0 Å². The second-order valence-electron chi connectivity index (χ2n) is 4.88. The Labute approximate surface area is 113 Å². The summed E-state index contributed by atoms with van der Waals surface area (Å²) >= 11 is 0. The molecule has 1 heterocycles. The molecule has 1 aliphatic rings. The van der Waals surface area contributed by atoms with Gasteiger partial charge in [-0.2, -0.15) is 0 Å². The third kappa shape index (κ3) is 3.31. The molecule has 0 aliphatic carbocycles. The largest absolute Gasteiger partial charge is 0.282 e. The molecule has 2 rings (SSSR count). The maximum Gasteiger partial charge on any atom is 0.229 e. The van der Waals surface area contributed by atoms with Gasteiger partial charge in [-0.25, -0.2) is 0 Å². The molecule has 0 bridgehead atoms. The molecule has 3 heteroatoms. The van der Waals surface area contributed by atoms with Gasteiger partial charge in [-0.05, 0) is 18.4 Å². The van der Waals surface area contributed by atoms with Crippen molar-refractivity contribution in [3.63, 3.8) is 0 Å². The molecule has 3 nitrogen and oxygen atoms in total. The summed E-state index contributed by atoms with van der Waals surface area (Å²) in [5.74, 6) is 0.0622. The summed E-state index contributed by atoms with van der Waals surface area (Å²) in [5.41, 5.74) is 1.15. The number of rotatable bonds is 5. The predicted octanol–water partition coefficient (Wildman–Crippen LogP) is 2.89. The second kappa shape index (κ2) is 6.32. The first-order chi connectivity index (χ1) is 9.22. The number of benzene rings is 1. The van der Waals surface area contributed by atoms with E-state index in [0.717, 1.165) is 12.0 Å². The van der Waals surface area contributed by atoms with Crippen LogP contribution < -0.4 is 0 Å². The maximum atomic E-state index is 11.9. The van der Waals surface area contributed by atoms with Crippen LogP contribution in [0.1, 0.15) is 37.2 Å². The fraction of sp³-hybridized carbons (Fsp3) is 0.375. The Morgan fingerprint density at radius 2 is 1.79 bits per heavy atom. The highest BCUT2D eigenvalue weighted by molar-refractivity contribution is 5.97. The molecular formula is C16H19NO2. The molecule has 0 spiro atoms. The number of allylic oxidation sites excluding steroid dienone is 1. The van der Waals surface area contributed by atoms with Gasteiger partial charge in [0.05, 0.1) is 0 Å². The lowest BCUT2D eigenvalue weighted by atomic mass is 9.94. The van der Waals surface area contributed by atoms with Crippen LogP contribution in [0.4, 0.5) is 0 Å². The zero-order valence-electron chi connectivity index (χ0n) is 11.0. The van der Waals surface area contributed by atoms with E-state index in [4.69, 9.17) is 0 Å². The molecule has 1 aromatic rings. The molecule has 100 valence electrons. The zero-order valence-corrected chi connectivity index (χ0v) is 11.0. The van der Waals surface area contributed by atoms with Crippen molar-refractivity contribution in [1.29, 1.82) is 0 Å². The summed E-state index contributed by atoms with van der Waals surface area (Å²) in [6, 6.07) is 9.99. The molecule has 1 saturated heterocycles. The highest BCUT2D eigenvalue weighted by atomic mass is 16.2. The van der Waals surface area contributed by atoms with Gasteiger partial charge in [-0.3, -0.25) is 14.5 Å². The van der Waals surface area contributed by atoms with Crippen LogP contribution in [0.2, 0.25) is 0 Å². The van der Waals surface area contributed by atoms with Crippen molar-refractivity contribution in [2.24, 2.45) is 0 Å². The van der Waals surface area contributed by atoms with Crippen LogP contribution >= 0.6 is 0 Å². The average Bonchev–Trinajstić information content (AvgIpc) is 2.43. The molecule has 1 fully saturated rings. The number of hydrogen-bond acceptors (Lipinski definition) is 2. The summed E-state index contributed by atoms with van der Waals surface area (Å²) in [7, 11) is 0. The van der Waals surface area contributed by atoms with Gasteiger partial charge in [0.15, 0.2) is 0 Å². The summed E-state index contributed by atoms with van der Waals surface area (Å²) in [6.07, 6.45) is 4.27. The topological polar surface area (TPSA) is 37.4 Å². The van der Waals surface area contributed by atoms with Crippen LogP contribution in [0.3, 0.4) is 0 Å². The van der Waals surface area contributed by atoms with Gasteiger partial charge >= 0.3 is 0 Å². The van der Waals surface area contributed by atoms with Crippen molar-refractivity contribution in [2.75, 3.05) is 6.54 Å². The smallest absolute Gasteiger partial charge is 0.229 e. The third-order valence-corrected chi connectivity index (χ3v) is 3.51. The van der Waals surface area contributed by atoms with E-state index >= 15 is 0 Å². The Bertz CT molecular complexity index is 451. The number of amides is 2. The van der Waals surface area contributed by atoms with Gasteiger partial charge in [-0.1, -0.05) is 36.4 Å². The number of likely N-dealkylation sites (tertiary alicyclic amines) is 1. The summed E-state index contributed by atoms with van der Waals surface area (Å²) in [4.78, 5) is 25.1. The minimum Gasteiger partial charge on any atom is -0.282 e. The highest BCUT2D eigenvalue weighted by Crippen LogP contribution is 2.24. The van der Waals surface area contributed by atoms with Crippen LogP contribution in [0, 0.1) is 0 Å². The fourth-order valence-electron chi connectivity index (χ4n) is 2.47. The van der Waals surface area contributed by atoms with E-state index in [1.54, 1.807) is 0 Å². The molecule has 1 aliphatic heterocycles. The Morgan fingerprint density at radius 3 is 2.37 bits per heavy atom. The SMILES string of the molecule is C=CCC(CN1C(=O)CCCC1=O)c1ccccc1. The first kappa shape index (κ1) is 13.5. The third-order valence-electron chi connectivity index (χ3n) is 3.51. The van der Waals surface area contributed by atoms with Crippen LogP contribution in [0.25, 0.3) is 0 Å². The normalized spacial score (nSPS) is 17.4. The van der Waals surface area contributed by atoms with Gasteiger partial charge in [0.1, 0.15) is 0 Å². The zero-order chi connectivity index (χ0) is 13.7. The predicted molar refractivity (Wildman–Crippen MR) is 74.6 cm³/mol. The summed E-state index contributed by atoms with van der Waals surface area (Å²) < 4.78 is 0. The van der Waals surface area contributed by atoms with Crippen molar-refractivity contribution in [2.45, 2.75) is 31.6 Å². The fourth-order valence-corrected chi connectivity index (χ4v) is 2.47. The molecule has 2 amide bonds. The lowest BCUT2D eigenvalue weighted by Gasteiger charge is -2.28. The number of nitrogens with zero attached hydrogens (tertiary/aromatic N) is 1. The van der Waals surface area contributed by atoms with Crippen molar-refractivity contribution < 1.29 is 9.59 Å². The van der Waals surface area contributed by atoms with Crippen LogP contribution in [-0.4, -0.2) is 23.3 Å². The first-order valence-corrected chi connectivity index (χ1v) is 6.71. The Kier molecular flexibility index (Phi) is 4.50.